The number of urea groups is 1. The Hall–Kier alpha value is -3.24. The lowest BCUT2D eigenvalue weighted by Gasteiger charge is -2.38. The normalized spacial score (nSPS) is 22.0. The maximum Gasteiger partial charge on any atom is 0.341 e. The number of aliphatic hydroxyl groups is 1. The van der Waals surface area contributed by atoms with Gasteiger partial charge in [-0.2, -0.15) is 0 Å². The topological polar surface area (TPSA) is 94.0 Å². The van der Waals surface area contributed by atoms with Crippen LogP contribution in [0, 0.1) is 23.4 Å². The number of nitrogens with zero attached hydrogens (tertiary/aromatic N) is 2. The summed E-state index contributed by atoms with van der Waals surface area (Å²) < 4.78 is 40.2. The Kier molecular flexibility index (Phi) is 7.51. The molecule has 1 fully saturated rings. The molecule has 2 atom stereocenters. The SMILES string of the molecule is O=C1N=CC(C(=O)NCCCN2CCC(O)(c3ccc(F)cc3)CC2)[C@@H](c2ccc(F)c(F)c2)N1. The van der Waals surface area contributed by atoms with Crippen molar-refractivity contribution < 1.29 is 27.9 Å². The molecule has 0 spiro atoms. The van der Waals surface area contributed by atoms with Crippen LogP contribution in [0.25, 0.3) is 0 Å². The third-order valence-electron chi connectivity index (χ3n) is 6.61. The van der Waals surface area contributed by atoms with Gasteiger partial charge in [0.15, 0.2) is 11.6 Å². The van der Waals surface area contributed by atoms with E-state index >= 15 is 0 Å². The molecule has 2 aromatic rings. The van der Waals surface area contributed by atoms with Gasteiger partial charge in [-0.05, 0) is 61.2 Å². The number of benzene rings is 2. The van der Waals surface area contributed by atoms with E-state index in [0.717, 1.165) is 12.1 Å². The number of piperidine rings is 1. The van der Waals surface area contributed by atoms with Crippen LogP contribution in [0.4, 0.5) is 18.0 Å². The molecule has 1 unspecified atom stereocenters. The van der Waals surface area contributed by atoms with Gasteiger partial charge >= 0.3 is 6.03 Å². The second-order valence-electron chi connectivity index (χ2n) is 8.93. The Morgan fingerprint density at radius 3 is 2.51 bits per heavy atom. The number of carbonyl (C=O) groups is 2. The fourth-order valence-corrected chi connectivity index (χ4v) is 4.54. The van der Waals surface area contributed by atoms with Gasteiger partial charge in [-0.25, -0.2) is 23.0 Å². The van der Waals surface area contributed by atoms with Crippen molar-refractivity contribution in [2.75, 3.05) is 26.2 Å². The number of nitrogens with one attached hydrogen (secondary N) is 2. The van der Waals surface area contributed by atoms with E-state index in [1.54, 1.807) is 12.1 Å². The van der Waals surface area contributed by atoms with E-state index in [0.29, 0.717) is 51.0 Å². The number of halogens is 3. The molecule has 35 heavy (non-hydrogen) atoms. The smallest absolute Gasteiger partial charge is 0.341 e. The average Bonchev–Trinajstić information content (AvgIpc) is 2.85. The fraction of sp³-hybridized carbons (Fsp3) is 0.400. The maximum absolute atomic E-state index is 13.7. The molecular formula is C25H27F3N4O3. The molecule has 2 aliphatic heterocycles. The lowest BCUT2D eigenvalue weighted by molar-refractivity contribution is -0.123. The molecule has 0 saturated carbocycles. The number of hydrogen-bond acceptors (Lipinski definition) is 4. The van der Waals surface area contributed by atoms with E-state index in [2.05, 4.69) is 20.5 Å². The van der Waals surface area contributed by atoms with Gasteiger partial charge in [-0.15, -0.1) is 0 Å². The number of hydrogen-bond donors (Lipinski definition) is 3. The fourth-order valence-electron chi connectivity index (χ4n) is 4.54. The molecule has 3 N–H and O–H groups in total. The Morgan fingerprint density at radius 2 is 1.83 bits per heavy atom. The van der Waals surface area contributed by atoms with E-state index in [9.17, 15) is 27.9 Å². The Balaban J connectivity index is 1.25. The molecule has 0 aromatic heterocycles. The van der Waals surface area contributed by atoms with E-state index in [1.165, 1.54) is 24.4 Å². The van der Waals surface area contributed by atoms with Gasteiger partial charge in [-0.1, -0.05) is 18.2 Å². The summed E-state index contributed by atoms with van der Waals surface area (Å²) in [5, 5.41) is 16.3. The van der Waals surface area contributed by atoms with Crippen LogP contribution in [0.15, 0.2) is 47.5 Å². The summed E-state index contributed by atoms with van der Waals surface area (Å²) >= 11 is 0. The van der Waals surface area contributed by atoms with Crippen LogP contribution in [0.2, 0.25) is 0 Å². The molecule has 2 aromatic carbocycles. The highest BCUT2D eigenvalue weighted by Gasteiger charge is 2.35. The Labute approximate surface area is 201 Å². The summed E-state index contributed by atoms with van der Waals surface area (Å²) in [6.45, 7) is 2.42. The molecule has 2 heterocycles. The summed E-state index contributed by atoms with van der Waals surface area (Å²) in [6, 6.07) is 7.65. The van der Waals surface area contributed by atoms with Gasteiger partial charge in [0.05, 0.1) is 17.6 Å². The lowest BCUT2D eigenvalue weighted by atomic mass is 9.84. The van der Waals surface area contributed by atoms with E-state index in [-0.39, 0.29) is 17.3 Å². The van der Waals surface area contributed by atoms with Crippen molar-refractivity contribution in [1.29, 1.82) is 0 Å². The first kappa shape index (κ1) is 24.9. The molecule has 7 nitrogen and oxygen atoms in total. The zero-order chi connectivity index (χ0) is 25.0. The highest BCUT2D eigenvalue weighted by atomic mass is 19.2. The minimum Gasteiger partial charge on any atom is -0.385 e. The predicted octanol–water partition coefficient (Wildman–Crippen LogP) is 3.05. The minimum absolute atomic E-state index is 0.269. The lowest BCUT2D eigenvalue weighted by Crippen LogP contribution is -2.45. The minimum atomic E-state index is -1.06. The van der Waals surface area contributed by atoms with Crippen LogP contribution in [0.5, 0.6) is 0 Å². The average molecular weight is 489 g/mol. The highest BCUT2D eigenvalue weighted by molar-refractivity contribution is 6.00. The number of aliphatic imine (C=N–C) groups is 1. The molecule has 2 aliphatic rings. The summed E-state index contributed by atoms with van der Waals surface area (Å²) in [7, 11) is 0. The monoisotopic (exact) mass is 488 g/mol. The number of likely N-dealkylation sites (tertiary alicyclic amines) is 1. The van der Waals surface area contributed by atoms with Crippen molar-refractivity contribution in [2.45, 2.75) is 30.9 Å². The van der Waals surface area contributed by atoms with Crippen LogP contribution >= 0.6 is 0 Å². The Bertz CT molecular complexity index is 1100. The third-order valence-corrected chi connectivity index (χ3v) is 6.61. The van der Waals surface area contributed by atoms with Crippen molar-refractivity contribution in [1.82, 2.24) is 15.5 Å². The molecule has 1 saturated heterocycles. The summed E-state index contributed by atoms with van der Waals surface area (Å²) in [6.07, 6.45) is 2.94. The second-order valence-corrected chi connectivity index (χ2v) is 8.93. The van der Waals surface area contributed by atoms with Crippen LogP contribution in [0.3, 0.4) is 0 Å². The standard InChI is InChI=1S/C25H27F3N4O3/c26-18-5-3-17(4-6-18)25(35)8-12-32(13-9-25)11-1-10-29-23(33)19-15-30-24(34)31-22(19)16-2-7-20(27)21(28)14-16/h2-7,14-15,19,22,35H,1,8-13H2,(H,29,33)(H,31,34)/t19?,22-/m1/s1. The van der Waals surface area contributed by atoms with Crippen molar-refractivity contribution >= 4 is 18.2 Å². The molecule has 3 amide bonds. The van der Waals surface area contributed by atoms with Crippen molar-refractivity contribution in [2.24, 2.45) is 10.9 Å². The summed E-state index contributed by atoms with van der Waals surface area (Å²) in [5.74, 6) is -3.66. The molecule has 0 aliphatic carbocycles. The van der Waals surface area contributed by atoms with Gasteiger partial charge in [-0.3, -0.25) is 4.79 Å². The molecule has 0 radical (unpaired) electrons. The summed E-state index contributed by atoms with van der Waals surface area (Å²) in [4.78, 5) is 30.3. The van der Waals surface area contributed by atoms with Crippen LogP contribution in [-0.4, -0.2) is 54.3 Å². The van der Waals surface area contributed by atoms with Gasteiger partial charge in [0.25, 0.3) is 0 Å². The van der Waals surface area contributed by atoms with Crippen molar-refractivity contribution in [3.8, 4) is 0 Å². The Morgan fingerprint density at radius 1 is 1.11 bits per heavy atom. The van der Waals surface area contributed by atoms with E-state index in [1.807, 2.05) is 0 Å². The third kappa shape index (κ3) is 5.88. The van der Waals surface area contributed by atoms with Gasteiger partial charge in [0.1, 0.15) is 5.82 Å². The molecule has 4 rings (SSSR count). The van der Waals surface area contributed by atoms with Gasteiger partial charge in [0, 0.05) is 25.8 Å². The quantitative estimate of drug-likeness (QED) is 0.523. The molecular weight excluding hydrogens is 461 g/mol. The number of amides is 3. The maximum atomic E-state index is 13.7. The zero-order valence-corrected chi connectivity index (χ0v) is 19.0. The number of rotatable bonds is 7. The molecule has 186 valence electrons. The first-order chi connectivity index (χ1) is 16.7. The number of carbonyl (C=O) groups excluding carboxylic acids is 2. The predicted molar refractivity (Wildman–Crippen MR) is 123 cm³/mol. The first-order valence-corrected chi connectivity index (χ1v) is 11.5. The van der Waals surface area contributed by atoms with Crippen LogP contribution < -0.4 is 10.6 Å². The van der Waals surface area contributed by atoms with Gasteiger partial charge in [0.2, 0.25) is 5.91 Å². The molecule has 10 heteroatoms. The van der Waals surface area contributed by atoms with Crippen molar-refractivity contribution in [3.05, 3.63) is 71.0 Å². The first-order valence-electron chi connectivity index (χ1n) is 11.5. The molecule has 0 bridgehead atoms. The van der Waals surface area contributed by atoms with E-state index in [4.69, 9.17) is 0 Å². The zero-order valence-electron chi connectivity index (χ0n) is 19.0. The van der Waals surface area contributed by atoms with Crippen LogP contribution in [0.1, 0.15) is 36.4 Å². The second kappa shape index (κ2) is 10.6. The van der Waals surface area contributed by atoms with Crippen molar-refractivity contribution in [3.63, 3.8) is 0 Å². The summed E-state index contributed by atoms with van der Waals surface area (Å²) in [5.41, 5.74) is 0.00557. The highest BCUT2D eigenvalue weighted by Crippen LogP contribution is 2.33. The van der Waals surface area contributed by atoms with Crippen LogP contribution in [-0.2, 0) is 10.4 Å². The van der Waals surface area contributed by atoms with Gasteiger partial charge < -0.3 is 20.6 Å². The largest absolute Gasteiger partial charge is 0.385 e. The van der Waals surface area contributed by atoms with E-state index < -0.39 is 35.2 Å².